The molecule has 0 saturated heterocycles. The molecule has 0 radical (unpaired) electrons. The van der Waals surface area contributed by atoms with Crippen LogP contribution in [0.5, 0.6) is 0 Å². The molecule has 0 amide bonds. The Morgan fingerprint density at radius 2 is 2.00 bits per heavy atom. The maximum absolute atomic E-state index is 11.7. The molecule has 1 aliphatic rings. The van der Waals surface area contributed by atoms with Gasteiger partial charge < -0.3 is 18.1 Å². The van der Waals surface area contributed by atoms with Gasteiger partial charge >= 0.3 is 12.9 Å². The fourth-order valence-electron chi connectivity index (χ4n) is 0.916. The van der Waals surface area contributed by atoms with Crippen LogP contribution in [0.25, 0.3) is 0 Å². The third-order valence-corrected chi connectivity index (χ3v) is 1.64. The molecule has 10 heavy (non-hydrogen) atoms. The van der Waals surface area contributed by atoms with Gasteiger partial charge in [-0.2, -0.15) is 0 Å². The first-order valence-electron chi connectivity index (χ1n) is 2.85. The van der Waals surface area contributed by atoms with Crippen molar-refractivity contribution in [1.29, 1.82) is 0 Å². The molecule has 6 heteroatoms. The molecular weight excluding hydrogens is 148 g/mol. The lowest BCUT2D eigenvalue weighted by molar-refractivity contribution is -0.138. The third kappa shape index (κ3) is 1.25. The van der Waals surface area contributed by atoms with E-state index < -0.39 is 24.7 Å². The molecule has 0 bridgehead atoms. The van der Waals surface area contributed by atoms with Crippen LogP contribution in [0.1, 0.15) is 6.42 Å². The first-order chi connectivity index (χ1) is 4.43. The van der Waals surface area contributed by atoms with Crippen molar-refractivity contribution in [3.8, 4) is 0 Å². The molecule has 0 aromatic carbocycles. The molecule has 0 aliphatic heterocycles. The van der Waals surface area contributed by atoms with Gasteiger partial charge in [-0.3, -0.25) is 4.79 Å². The Balaban J connectivity index is 2.46. The Hall–Kier alpha value is -0.675. The summed E-state index contributed by atoms with van der Waals surface area (Å²) >= 11 is 0. The normalized spacial score (nSPS) is 31.9. The highest BCUT2D eigenvalue weighted by Gasteiger charge is 2.54. The van der Waals surface area contributed by atoms with Crippen LogP contribution in [0.2, 0.25) is 5.82 Å². The lowest BCUT2D eigenvalue weighted by Gasteiger charge is -2.10. The summed E-state index contributed by atoms with van der Waals surface area (Å²) in [5.41, 5.74) is 0. The summed E-state index contributed by atoms with van der Waals surface area (Å²) < 4.78 is 35.0. The first kappa shape index (κ1) is 7.43. The lowest BCUT2D eigenvalue weighted by Crippen LogP contribution is -2.17. The largest absolute Gasteiger partial charge is 0.482 e. The number of hydrogen-bond donors (Lipinski definition) is 1. The monoisotopic (exact) mass is 153 g/mol. The summed E-state index contributed by atoms with van der Waals surface area (Å²) in [5.74, 6) is -4.01. The van der Waals surface area contributed by atoms with Gasteiger partial charge in [-0.1, -0.05) is 12.2 Å². The van der Waals surface area contributed by atoms with Gasteiger partial charge in [0.05, 0.1) is 0 Å². The van der Waals surface area contributed by atoms with E-state index in [1.165, 1.54) is 0 Å². The minimum Gasteiger partial charge on any atom is -0.481 e. The second-order valence-electron chi connectivity index (χ2n) is 2.47. The van der Waals surface area contributed by atoms with Gasteiger partial charge in [0, 0.05) is 5.92 Å². The maximum atomic E-state index is 11.7. The van der Waals surface area contributed by atoms with Gasteiger partial charge in [-0.05, 0) is 0 Å². The number of carboxylic acids is 1. The van der Waals surface area contributed by atoms with Crippen LogP contribution in [0.3, 0.4) is 0 Å². The molecule has 58 valence electrons. The van der Waals surface area contributed by atoms with Gasteiger partial charge in [0.1, 0.15) is 0 Å². The number of halogens is 3. The molecule has 1 N–H and O–H groups in total. The predicted octanol–water partition coefficient (Wildman–Crippen LogP) is 1.31. The molecule has 0 aromatic heterocycles. The summed E-state index contributed by atoms with van der Waals surface area (Å²) in [4.78, 5) is 9.93. The van der Waals surface area contributed by atoms with Gasteiger partial charge in [0.25, 0.3) is 0 Å². The van der Waals surface area contributed by atoms with Crippen molar-refractivity contribution >= 4 is 12.9 Å². The molecule has 2 nitrogen and oxygen atoms in total. The molecule has 1 fully saturated rings. The van der Waals surface area contributed by atoms with Crippen molar-refractivity contribution in [1.82, 2.24) is 0 Å². The fraction of sp³-hybridized carbons (Fsp3) is 0.750. The fourth-order valence-corrected chi connectivity index (χ4v) is 0.916. The molecule has 0 spiro atoms. The quantitative estimate of drug-likeness (QED) is 0.607. The summed E-state index contributed by atoms with van der Waals surface area (Å²) in [6, 6.07) is 0. The first-order valence-corrected chi connectivity index (χ1v) is 2.85. The number of rotatable bonds is 2. The van der Waals surface area contributed by atoms with Crippen molar-refractivity contribution < 1.29 is 22.8 Å². The Morgan fingerprint density at radius 3 is 2.10 bits per heavy atom. The SMILES string of the molecule is O=C(O)[C@H]1C[C@@H]1[B-](F)(F)F. The van der Waals surface area contributed by atoms with Crippen LogP contribution in [0.4, 0.5) is 12.9 Å². The van der Waals surface area contributed by atoms with Gasteiger partial charge in [-0.15, -0.1) is 0 Å². The second-order valence-corrected chi connectivity index (χ2v) is 2.47. The summed E-state index contributed by atoms with van der Waals surface area (Å²) in [6.07, 6.45) is -0.223. The Labute approximate surface area is 55.1 Å². The third-order valence-electron chi connectivity index (χ3n) is 1.64. The number of hydrogen-bond acceptors (Lipinski definition) is 1. The number of aliphatic carboxylic acids is 1. The van der Waals surface area contributed by atoms with Crippen molar-refractivity contribution in [2.45, 2.75) is 12.2 Å². The molecule has 1 aliphatic carbocycles. The van der Waals surface area contributed by atoms with Crippen LogP contribution >= 0.6 is 0 Å². The van der Waals surface area contributed by atoms with E-state index in [2.05, 4.69) is 0 Å². The zero-order valence-corrected chi connectivity index (χ0v) is 4.93. The number of carboxylic acid groups (broad SMARTS) is 1. The Kier molecular flexibility index (Phi) is 1.41. The van der Waals surface area contributed by atoms with Crippen LogP contribution < -0.4 is 0 Å². The standard InChI is InChI=1S/C4H5BF3O2/c6-5(7,8)3-1-2(3)4(9)10/h2-3H,1H2,(H,9,10)/q-1/t2-,3-/m0/s1. The topological polar surface area (TPSA) is 37.3 Å². The summed E-state index contributed by atoms with van der Waals surface area (Å²) in [7, 11) is 0. The molecule has 1 rings (SSSR count). The minimum absolute atomic E-state index is 0.223. The van der Waals surface area contributed by atoms with E-state index in [1.807, 2.05) is 0 Å². The van der Waals surface area contributed by atoms with E-state index in [4.69, 9.17) is 5.11 Å². The van der Waals surface area contributed by atoms with E-state index in [0.717, 1.165) is 0 Å². The van der Waals surface area contributed by atoms with E-state index in [0.29, 0.717) is 0 Å². The summed E-state index contributed by atoms with van der Waals surface area (Å²) in [6.45, 7) is -4.91. The van der Waals surface area contributed by atoms with Gasteiger partial charge in [0.2, 0.25) is 0 Å². The Bertz CT molecular complexity index is 166. The highest BCUT2D eigenvalue weighted by molar-refractivity contribution is 6.61. The second kappa shape index (κ2) is 1.90. The Morgan fingerprint density at radius 1 is 1.50 bits per heavy atom. The van der Waals surface area contributed by atoms with E-state index >= 15 is 0 Å². The molecule has 0 aromatic rings. The van der Waals surface area contributed by atoms with Gasteiger partial charge in [-0.25, -0.2) is 0 Å². The highest BCUT2D eigenvalue weighted by atomic mass is 19.4. The molecule has 1 saturated carbocycles. The van der Waals surface area contributed by atoms with Crippen LogP contribution in [0, 0.1) is 5.92 Å². The van der Waals surface area contributed by atoms with E-state index in [1.54, 1.807) is 0 Å². The average Bonchev–Trinajstić information content (AvgIpc) is 2.35. The zero-order chi connectivity index (χ0) is 7.94. The van der Waals surface area contributed by atoms with Gasteiger partial charge in [0.15, 0.2) is 0 Å². The van der Waals surface area contributed by atoms with Crippen molar-refractivity contribution in [2.24, 2.45) is 5.92 Å². The maximum Gasteiger partial charge on any atom is 0.482 e. The summed E-state index contributed by atoms with van der Waals surface area (Å²) in [5, 5.41) is 8.10. The van der Waals surface area contributed by atoms with E-state index in [9.17, 15) is 17.7 Å². The van der Waals surface area contributed by atoms with Crippen LogP contribution in [-0.2, 0) is 4.79 Å². The lowest BCUT2D eigenvalue weighted by atomic mass is 9.82. The average molecular weight is 153 g/mol. The highest BCUT2D eigenvalue weighted by Crippen LogP contribution is 2.53. The minimum atomic E-state index is -4.91. The van der Waals surface area contributed by atoms with E-state index in [-0.39, 0.29) is 6.42 Å². The van der Waals surface area contributed by atoms with Crippen molar-refractivity contribution in [2.75, 3.05) is 0 Å². The number of carbonyl (C=O) groups is 1. The van der Waals surface area contributed by atoms with Crippen molar-refractivity contribution in [3.05, 3.63) is 0 Å². The van der Waals surface area contributed by atoms with Crippen LogP contribution in [-0.4, -0.2) is 18.1 Å². The van der Waals surface area contributed by atoms with Crippen LogP contribution in [0.15, 0.2) is 0 Å². The predicted molar refractivity (Wildman–Crippen MR) is 28.6 cm³/mol. The molecular formula is C4H5BF3O2-. The molecule has 0 heterocycles. The molecule has 0 unspecified atom stereocenters. The zero-order valence-electron chi connectivity index (χ0n) is 4.93. The van der Waals surface area contributed by atoms with Crippen molar-refractivity contribution in [3.63, 3.8) is 0 Å². The molecule has 2 atom stereocenters. The smallest absolute Gasteiger partial charge is 0.481 e.